The van der Waals surface area contributed by atoms with Crippen molar-refractivity contribution in [3.05, 3.63) is 176 Å². The third-order valence-electron chi connectivity index (χ3n) is 9.79. The Morgan fingerprint density at radius 1 is 0.292 bits per heavy atom. The van der Waals surface area contributed by atoms with Crippen LogP contribution in [0, 0.1) is 0 Å². The number of nitrogens with zero attached hydrogens (tertiary/aromatic N) is 1. The number of fused-ring (bicyclic) bond motifs is 10. The third kappa shape index (κ3) is 4.20. The first kappa shape index (κ1) is 26.8. The van der Waals surface area contributed by atoms with Crippen molar-refractivity contribution in [1.29, 1.82) is 0 Å². The molecule has 2 nitrogen and oxygen atoms in total. The lowest BCUT2D eigenvalue weighted by Crippen LogP contribution is -2.10. The predicted octanol–water partition coefficient (Wildman–Crippen LogP) is 13.3. The molecular weight excluding hydrogens is 583 g/mol. The van der Waals surface area contributed by atoms with Crippen molar-refractivity contribution in [2.45, 2.75) is 0 Å². The summed E-state index contributed by atoms with van der Waals surface area (Å²) in [5, 5.41) is 12.3. The highest BCUT2D eigenvalue weighted by molar-refractivity contribution is 6.25. The minimum absolute atomic E-state index is 0.876. The van der Waals surface area contributed by atoms with E-state index in [1.54, 1.807) is 0 Å². The smallest absolute Gasteiger partial charge is 0.137 e. The number of hydrogen-bond donors (Lipinski definition) is 0. The molecule has 10 aromatic rings. The molecule has 0 radical (unpaired) electrons. The Hall–Kier alpha value is -6.38. The van der Waals surface area contributed by atoms with Crippen LogP contribution in [0.4, 0.5) is 17.1 Å². The van der Waals surface area contributed by atoms with E-state index in [4.69, 9.17) is 4.42 Å². The largest absolute Gasteiger partial charge is 0.456 e. The number of furan rings is 1. The number of para-hydroxylation sites is 1. The van der Waals surface area contributed by atoms with Gasteiger partial charge in [-0.3, -0.25) is 0 Å². The molecule has 0 saturated carbocycles. The third-order valence-corrected chi connectivity index (χ3v) is 9.79. The number of hydrogen-bond acceptors (Lipinski definition) is 2. The molecule has 0 atom stereocenters. The zero-order chi connectivity index (χ0) is 31.6. The van der Waals surface area contributed by atoms with E-state index in [9.17, 15) is 0 Å². The number of benzene rings is 9. The maximum Gasteiger partial charge on any atom is 0.137 e. The van der Waals surface area contributed by atoms with Gasteiger partial charge < -0.3 is 9.32 Å². The zero-order valence-corrected chi connectivity index (χ0v) is 26.1. The van der Waals surface area contributed by atoms with Crippen LogP contribution in [0.5, 0.6) is 0 Å². The number of anilines is 3. The minimum atomic E-state index is 0.876. The summed E-state index contributed by atoms with van der Waals surface area (Å²) in [4.78, 5) is 2.36. The predicted molar refractivity (Wildman–Crippen MR) is 204 cm³/mol. The summed E-state index contributed by atoms with van der Waals surface area (Å²) in [5.41, 5.74) is 7.36. The molecule has 48 heavy (non-hydrogen) atoms. The molecule has 0 aliphatic heterocycles. The maximum absolute atomic E-state index is 6.40. The van der Waals surface area contributed by atoms with Crippen LogP contribution in [0.25, 0.3) is 76.2 Å². The molecule has 0 bridgehead atoms. The average Bonchev–Trinajstić information content (AvgIpc) is 3.53. The Morgan fingerprint density at radius 2 is 0.833 bits per heavy atom. The number of rotatable bonds is 4. The molecule has 0 N–H and O–H groups in total. The second-order valence-electron chi connectivity index (χ2n) is 12.5. The Bertz CT molecular complexity index is 2830. The molecule has 10 rings (SSSR count). The van der Waals surface area contributed by atoms with E-state index in [1.165, 1.54) is 54.2 Å². The lowest BCUT2D eigenvalue weighted by molar-refractivity contribution is 0.669. The molecule has 0 amide bonds. The first-order chi connectivity index (χ1) is 23.8. The summed E-state index contributed by atoms with van der Waals surface area (Å²) < 4.78 is 6.40. The SMILES string of the molecule is c1cc(-c2ccc3ccccc3c2)cc(N(c2ccc3c(c2)oc2ccccc23)c2ccc3c4ccccc4c4ccccc4c3c2)c1. The highest BCUT2D eigenvalue weighted by Gasteiger charge is 2.18. The first-order valence-corrected chi connectivity index (χ1v) is 16.4. The second-order valence-corrected chi connectivity index (χ2v) is 12.5. The molecule has 224 valence electrons. The summed E-state index contributed by atoms with van der Waals surface area (Å²) in [6.07, 6.45) is 0. The van der Waals surface area contributed by atoms with Crippen LogP contribution in [0.3, 0.4) is 0 Å². The summed E-state index contributed by atoms with van der Waals surface area (Å²) in [6, 6.07) is 63.4. The summed E-state index contributed by atoms with van der Waals surface area (Å²) in [6.45, 7) is 0. The average molecular weight is 612 g/mol. The van der Waals surface area contributed by atoms with Gasteiger partial charge in [0.15, 0.2) is 0 Å². The Labute approximate surface area is 277 Å². The standard InChI is InChI=1S/C46H29NO/c1-2-11-31-26-33(21-20-30(31)10-1)32-12-9-13-34(27-32)47(36-23-25-43-42-18-7-8-19-45(42)48-46(43)29-36)35-22-24-41-39-16-4-3-14-37(39)38-15-5-6-17-40(38)44(41)28-35/h1-29H. The van der Waals surface area contributed by atoms with Crippen LogP contribution in [-0.2, 0) is 0 Å². The quantitative estimate of drug-likeness (QED) is 0.184. The van der Waals surface area contributed by atoms with Gasteiger partial charge in [-0.25, -0.2) is 0 Å². The van der Waals surface area contributed by atoms with Crippen molar-refractivity contribution in [3.63, 3.8) is 0 Å². The van der Waals surface area contributed by atoms with Crippen molar-refractivity contribution < 1.29 is 4.42 Å². The molecule has 0 aliphatic rings. The van der Waals surface area contributed by atoms with Gasteiger partial charge in [-0.05, 0) is 103 Å². The van der Waals surface area contributed by atoms with Crippen LogP contribution in [0.2, 0.25) is 0 Å². The molecule has 1 heterocycles. The van der Waals surface area contributed by atoms with Gasteiger partial charge in [-0.1, -0.05) is 121 Å². The molecular formula is C46H29NO. The first-order valence-electron chi connectivity index (χ1n) is 16.4. The maximum atomic E-state index is 6.40. The van der Waals surface area contributed by atoms with Gasteiger partial charge in [0.2, 0.25) is 0 Å². The normalized spacial score (nSPS) is 11.8. The van der Waals surface area contributed by atoms with Gasteiger partial charge in [0.25, 0.3) is 0 Å². The summed E-state index contributed by atoms with van der Waals surface area (Å²) in [7, 11) is 0. The van der Waals surface area contributed by atoms with Crippen molar-refractivity contribution in [1.82, 2.24) is 0 Å². The van der Waals surface area contributed by atoms with Crippen molar-refractivity contribution in [3.8, 4) is 11.1 Å². The van der Waals surface area contributed by atoms with Gasteiger partial charge in [0.05, 0.1) is 0 Å². The van der Waals surface area contributed by atoms with E-state index in [1.807, 2.05) is 12.1 Å². The molecule has 0 spiro atoms. The molecule has 9 aromatic carbocycles. The van der Waals surface area contributed by atoms with Crippen molar-refractivity contribution in [2.75, 3.05) is 4.90 Å². The Kier molecular flexibility index (Phi) is 5.91. The van der Waals surface area contributed by atoms with Gasteiger partial charge in [0, 0.05) is 33.9 Å². The fourth-order valence-electron chi connectivity index (χ4n) is 7.53. The molecule has 0 saturated heterocycles. The highest BCUT2D eigenvalue weighted by Crippen LogP contribution is 2.43. The minimum Gasteiger partial charge on any atom is -0.456 e. The van der Waals surface area contributed by atoms with Crippen LogP contribution >= 0.6 is 0 Å². The van der Waals surface area contributed by atoms with Crippen LogP contribution in [0.15, 0.2) is 180 Å². The molecule has 0 unspecified atom stereocenters. The molecule has 1 aromatic heterocycles. The van der Waals surface area contributed by atoms with Gasteiger partial charge in [-0.2, -0.15) is 0 Å². The molecule has 0 fully saturated rings. The summed E-state index contributed by atoms with van der Waals surface area (Å²) >= 11 is 0. The van der Waals surface area contributed by atoms with E-state index in [2.05, 4.69) is 169 Å². The lowest BCUT2D eigenvalue weighted by atomic mass is 9.94. The van der Waals surface area contributed by atoms with Gasteiger partial charge in [0.1, 0.15) is 11.2 Å². The van der Waals surface area contributed by atoms with Crippen LogP contribution < -0.4 is 4.90 Å². The highest BCUT2D eigenvalue weighted by atomic mass is 16.3. The zero-order valence-electron chi connectivity index (χ0n) is 26.1. The lowest BCUT2D eigenvalue weighted by Gasteiger charge is -2.27. The fraction of sp³-hybridized carbons (Fsp3) is 0. The van der Waals surface area contributed by atoms with E-state index in [-0.39, 0.29) is 0 Å². The Morgan fingerprint density at radius 3 is 1.60 bits per heavy atom. The van der Waals surface area contributed by atoms with Crippen molar-refractivity contribution in [2.24, 2.45) is 0 Å². The van der Waals surface area contributed by atoms with E-state index in [0.29, 0.717) is 0 Å². The molecule has 0 aliphatic carbocycles. The van der Waals surface area contributed by atoms with Crippen molar-refractivity contribution >= 4 is 82.1 Å². The topological polar surface area (TPSA) is 16.4 Å². The molecule has 2 heteroatoms. The van der Waals surface area contributed by atoms with Crippen LogP contribution in [-0.4, -0.2) is 0 Å². The van der Waals surface area contributed by atoms with E-state index in [0.717, 1.165) is 39.0 Å². The summed E-state index contributed by atoms with van der Waals surface area (Å²) in [5.74, 6) is 0. The van der Waals surface area contributed by atoms with Crippen LogP contribution in [0.1, 0.15) is 0 Å². The monoisotopic (exact) mass is 611 g/mol. The Balaban J connectivity index is 1.21. The van der Waals surface area contributed by atoms with E-state index < -0.39 is 0 Å². The van der Waals surface area contributed by atoms with Gasteiger partial charge >= 0.3 is 0 Å². The van der Waals surface area contributed by atoms with E-state index >= 15 is 0 Å². The fourth-order valence-corrected chi connectivity index (χ4v) is 7.53. The van der Waals surface area contributed by atoms with Gasteiger partial charge in [-0.15, -0.1) is 0 Å². The second kappa shape index (κ2) is 10.6.